The number of hydrogen-bond donors (Lipinski definition) is 2. The number of carbonyl (C=O) groups excluding carboxylic acids is 2. The third kappa shape index (κ3) is 7.42. The largest absolute Gasteiger partial charge is 0.493 e. The van der Waals surface area contributed by atoms with Crippen LogP contribution in [0.3, 0.4) is 0 Å². The van der Waals surface area contributed by atoms with Crippen LogP contribution in [0.25, 0.3) is 6.08 Å². The summed E-state index contributed by atoms with van der Waals surface area (Å²) in [5.74, 6) is 1.41. The highest BCUT2D eigenvalue weighted by Gasteiger charge is 2.14. The van der Waals surface area contributed by atoms with E-state index < -0.39 is 0 Å². The Morgan fingerprint density at radius 3 is 2.71 bits per heavy atom. The van der Waals surface area contributed by atoms with Crippen molar-refractivity contribution < 1.29 is 19.1 Å². The second-order valence-corrected chi connectivity index (χ2v) is 8.90. The van der Waals surface area contributed by atoms with Crippen LogP contribution in [0.15, 0.2) is 47.5 Å². The fourth-order valence-electron chi connectivity index (χ4n) is 2.92. The molecule has 0 unspecified atom stereocenters. The number of thiazole rings is 1. The number of methoxy groups -OCH3 is 2. The maximum Gasteiger partial charge on any atom is 0.244 e. The molecule has 184 valence electrons. The summed E-state index contributed by atoms with van der Waals surface area (Å²) in [5.41, 5.74) is 1.64. The molecule has 0 aliphatic heterocycles. The zero-order valence-corrected chi connectivity index (χ0v) is 21.2. The minimum absolute atomic E-state index is 0.147. The topological polar surface area (TPSA) is 120 Å². The molecule has 2 N–H and O–H groups in total. The zero-order chi connectivity index (χ0) is 25.2. The van der Waals surface area contributed by atoms with Crippen LogP contribution in [0.2, 0.25) is 0 Å². The number of amides is 2. The molecular formula is C23H26N6O4S2. The second-order valence-electron chi connectivity index (χ2n) is 7.09. The summed E-state index contributed by atoms with van der Waals surface area (Å²) in [5, 5.41) is 16.9. The molecule has 3 aromatic rings. The summed E-state index contributed by atoms with van der Waals surface area (Å²) in [6.07, 6.45) is 4.81. The fourth-order valence-corrected chi connectivity index (χ4v) is 4.39. The molecule has 0 saturated carbocycles. The number of aromatic nitrogens is 4. The molecule has 0 saturated heterocycles. The van der Waals surface area contributed by atoms with E-state index in [2.05, 4.69) is 32.4 Å². The van der Waals surface area contributed by atoms with Crippen LogP contribution in [-0.4, -0.2) is 51.5 Å². The number of hydrogen-bond acceptors (Lipinski definition) is 9. The van der Waals surface area contributed by atoms with Gasteiger partial charge in [0.15, 0.2) is 27.6 Å². The SMILES string of the molecule is C=CCn1c(CNC(=O)C=Cc2ccc(OC)c(OC)c2)nnc1SCC(=O)Nc1nc(C)cs1. The lowest BCUT2D eigenvalue weighted by Crippen LogP contribution is -2.23. The van der Waals surface area contributed by atoms with E-state index in [0.717, 1.165) is 11.3 Å². The predicted octanol–water partition coefficient (Wildman–Crippen LogP) is 3.31. The maximum absolute atomic E-state index is 12.3. The second kappa shape index (κ2) is 12.7. The van der Waals surface area contributed by atoms with Crippen LogP contribution in [0.1, 0.15) is 17.1 Å². The Kier molecular flexibility index (Phi) is 9.44. The molecule has 35 heavy (non-hydrogen) atoms. The van der Waals surface area contributed by atoms with Crippen molar-refractivity contribution in [3.63, 3.8) is 0 Å². The highest BCUT2D eigenvalue weighted by Crippen LogP contribution is 2.28. The summed E-state index contributed by atoms with van der Waals surface area (Å²) >= 11 is 2.62. The van der Waals surface area contributed by atoms with Crippen molar-refractivity contribution in [1.29, 1.82) is 0 Å². The van der Waals surface area contributed by atoms with Crippen molar-refractivity contribution in [3.05, 3.63) is 59.4 Å². The molecule has 2 amide bonds. The number of rotatable bonds is 12. The Bertz CT molecular complexity index is 1220. The van der Waals surface area contributed by atoms with Gasteiger partial charge in [-0.3, -0.25) is 9.59 Å². The normalized spacial score (nSPS) is 10.8. The molecule has 0 fully saturated rings. The number of carbonyl (C=O) groups is 2. The highest BCUT2D eigenvalue weighted by atomic mass is 32.2. The van der Waals surface area contributed by atoms with Crippen LogP contribution >= 0.6 is 23.1 Å². The molecule has 0 bridgehead atoms. The van der Waals surface area contributed by atoms with Crippen LogP contribution in [-0.2, 0) is 22.7 Å². The first kappa shape index (κ1) is 26.0. The monoisotopic (exact) mass is 514 g/mol. The Morgan fingerprint density at radius 2 is 2.03 bits per heavy atom. The Labute approximate surface area is 211 Å². The van der Waals surface area contributed by atoms with E-state index in [-0.39, 0.29) is 24.1 Å². The molecule has 12 heteroatoms. The number of aryl methyl sites for hydroxylation is 1. The first-order chi connectivity index (χ1) is 16.9. The van der Waals surface area contributed by atoms with Crippen LogP contribution in [0, 0.1) is 6.92 Å². The Hall–Kier alpha value is -3.64. The number of benzene rings is 1. The molecule has 10 nitrogen and oxygen atoms in total. The first-order valence-electron chi connectivity index (χ1n) is 10.5. The molecule has 2 heterocycles. The van der Waals surface area contributed by atoms with Gasteiger partial charge in [-0.25, -0.2) is 4.98 Å². The van der Waals surface area contributed by atoms with Crippen molar-refractivity contribution in [2.45, 2.75) is 25.2 Å². The number of ether oxygens (including phenoxy) is 2. The van der Waals surface area contributed by atoms with E-state index in [1.54, 1.807) is 43.1 Å². The van der Waals surface area contributed by atoms with Crippen molar-refractivity contribution in [2.75, 3.05) is 25.3 Å². The molecule has 3 rings (SSSR count). The molecule has 0 radical (unpaired) electrons. The number of nitrogens with zero attached hydrogens (tertiary/aromatic N) is 4. The van der Waals surface area contributed by atoms with Gasteiger partial charge in [-0.05, 0) is 30.7 Å². The van der Waals surface area contributed by atoms with Crippen molar-refractivity contribution in [3.8, 4) is 11.5 Å². The third-order valence-corrected chi connectivity index (χ3v) is 6.40. The van der Waals surface area contributed by atoms with Crippen molar-refractivity contribution >= 4 is 46.1 Å². The van der Waals surface area contributed by atoms with Crippen LogP contribution in [0.5, 0.6) is 11.5 Å². The average Bonchev–Trinajstić information content (AvgIpc) is 3.45. The zero-order valence-electron chi connectivity index (χ0n) is 19.6. The molecule has 2 aromatic heterocycles. The minimum atomic E-state index is -0.291. The van der Waals surface area contributed by atoms with E-state index in [9.17, 15) is 9.59 Å². The van der Waals surface area contributed by atoms with E-state index in [1.165, 1.54) is 29.2 Å². The van der Waals surface area contributed by atoms with Gasteiger partial charge in [0.05, 0.1) is 32.2 Å². The van der Waals surface area contributed by atoms with Gasteiger partial charge in [-0.15, -0.1) is 28.1 Å². The standard InChI is InChI=1S/C23H26N6O4S2/c1-5-10-29-19(27-28-23(29)35-14-21(31)26-22-25-15(2)13-34-22)12-24-20(30)9-7-16-6-8-17(32-3)18(11-16)33-4/h5-9,11,13H,1,10,12,14H2,2-4H3,(H,24,30)(H,25,26,31). The smallest absolute Gasteiger partial charge is 0.244 e. The summed E-state index contributed by atoms with van der Waals surface area (Å²) < 4.78 is 12.3. The van der Waals surface area contributed by atoms with E-state index in [0.29, 0.717) is 34.2 Å². The lowest BCUT2D eigenvalue weighted by Gasteiger charge is -2.08. The third-order valence-electron chi connectivity index (χ3n) is 4.56. The summed E-state index contributed by atoms with van der Waals surface area (Å²) in [6.45, 7) is 6.24. The van der Waals surface area contributed by atoms with Gasteiger partial charge in [-0.1, -0.05) is 23.9 Å². The molecular weight excluding hydrogens is 488 g/mol. The van der Waals surface area contributed by atoms with Gasteiger partial charge in [0.25, 0.3) is 0 Å². The van der Waals surface area contributed by atoms with Crippen molar-refractivity contribution in [2.24, 2.45) is 0 Å². The predicted molar refractivity (Wildman–Crippen MR) is 137 cm³/mol. The lowest BCUT2D eigenvalue weighted by atomic mass is 10.2. The molecule has 0 spiro atoms. The van der Waals surface area contributed by atoms with Gasteiger partial charge in [0.2, 0.25) is 11.8 Å². The number of nitrogens with one attached hydrogen (secondary N) is 2. The van der Waals surface area contributed by atoms with Gasteiger partial charge in [-0.2, -0.15) is 0 Å². The summed E-state index contributed by atoms with van der Waals surface area (Å²) in [6, 6.07) is 5.37. The lowest BCUT2D eigenvalue weighted by molar-refractivity contribution is -0.116. The van der Waals surface area contributed by atoms with E-state index in [1.807, 2.05) is 18.4 Å². The molecule has 0 atom stereocenters. The van der Waals surface area contributed by atoms with Gasteiger partial charge >= 0.3 is 0 Å². The highest BCUT2D eigenvalue weighted by molar-refractivity contribution is 7.99. The number of allylic oxidation sites excluding steroid dienone is 1. The molecule has 0 aliphatic rings. The van der Waals surface area contributed by atoms with E-state index in [4.69, 9.17) is 9.47 Å². The van der Waals surface area contributed by atoms with Crippen molar-refractivity contribution in [1.82, 2.24) is 25.1 Å². The van der Waals surface area contributed by atoms with Gasteiger partial charge in [0.1, 0.15) is 0 Å². The van der Waals surface area contributed by atoms with E-state index >= 15 is 0 Å². The van der Waals surface area contributed by atoms with Crippen LogP contribution < -0.4 is 20.1 Å². The van der Waals surface area contributed by atoms with Gasteiger partial charge < -0.3 is 24.7 Å². The summed E-state index contributed by atoms with van der Waals surface area (Å²) in [4.78, 5) is 28.8. The maximum atomic E-state index is 12.3. The summed E-state index contributed by atoms with van der Waals surface area (Å²) in [7, 11) is 3.12. The first-order valence-corrected chi connectivity index (χ1v) is 12.4. The molecule has 0 aliphatic carbocycles. The average molecular weight is 515 g/mol. The van der Waals surface area contributed by atoms with Crippen LogP contribution in [0.4, 0.5) is 5.13 Å². The molecule has 1 aromatic carbocycles. The Morgan fingerprint density at radius 1 is 1.23 bits per heavy atom. The number of anilines is 1. The Balaban J connectivity index is 1.56. The fraction of sp³-hybridized carbons (Fsp3) is 0.261. The number of thioether (sulfide) groups is 1. The minimum Gasteiger partial charge on any atom is -0.493 e. The van der Waals surface area contributed by atoms with Gasteiger partial charge in [0, 0.05) is 18.0 Å². The quantitative estimate of drug-likeness (QED) is 0.215.